The molecule has 4 aromatic rings. The van der Waals surface area contributed by atoms with Crippen LogP contribution in [-0.4, -0.2) is 48.0 Å². The van der Waals surface area contributed by atoms with Gasteiger partial charge in [0.25, 0.3) is 0 Å². The van der Waals surface area contributed by atoms with Crippen LogP contribution in [0.25, 0.3) is 17.0 Å². The molecule has 0 bridgehead atoms. The number of aromatic amines is 1. The normalized spacial score (nSPS) is 12.2. The van der Waals surface area contributed by atoms with Crippen LogP contribution in [0.3, 0.4) is 0 Å². The Kier molecular flexibility index (Phi) is 4.85. The van der Waals surface area contributed by atoms with Gasteiger partial charge in [0.1, 0.15) is 23.5 Å². The number of halogens is 1. The summed E-state index contributed by atoms with van der Waals surface area (Å²) in [5.74, 6) is 1.22. The van der Waals surface area contributed by atoms with E-state index in [9.17, 15) is 9.50 Å². The van der Waals surface area contributed by atoms with Gasteiger partial charge in [-0.3, -0.25) is 9.55 Å². The van der Waals surface area contributed by atoms with Gasteiger partial charge in [-0.2, -0.15) is 5.10 Å². The first-order valence-electron chi connectivity index (χ1n) is 8.69. The number of aliphatic hydroxyl groups excluding tert-OH is 1. The Morgan fingerprint density at radius 2 is 2.18 bits per heavy atom. The van der Waals surface area contributed by atoms with Crippen molar-refractivity contribution in [2.75, 3.05) is 18.5 Å². The minimum absolute atomic E-state index is 0.227. The first-order valence-corrected chi connectivity index (χ1v) is 8.69. The number of fused-ring (bicyclic) bond motifs is 1. The Balaban J connectivity index is 1.63. The maximum atomic E-state index is 13.1. The van der Waals surface area contributed by atoms with Gasteiger partial charge >= 0.3 is 0 Å². The number of aromatic nitrogens is 6. The number of H-pyrrole nitrogens is 1. The van der Waals surface area contributed by atoms with Crippen molar-refractivity contribution in [3.63, 3.8) is 0 Å². The van der Waals surface area contributed by atoms with Crippen molar-refractivity contribution < 1.29 is 14.2 Å². The summed E-state index contributed by atoms with van der Waals surface area (Å²) >= 11 is 0. The van der Waals surface area contributed by atoms with E-state index in [2.05, 4.69) is 30.5 Å². The highest BCUT2D eigenvalue weighted by Crippen LogP contribution is 2.22. The predicted molar refractivity (Wildman–Crippen MR) is 99.8 cm³/mol. The molecule has 10 heteroatoms. The van der Waals surface area contributed by atoms with Crippen LogP contribution in [0.4, 0.5) is 10.2 Å². The van der Waals surface area contributed by atoms with E-state index in [0.29, 0.717) is 41.0 Å². The molecular formula is C18H18FN7O2. The summed E-state index contributed by atoms with van der Waals surface area (Å²) < 4.78 is 20.2. The van der Waals surface area contributed by atoms with Crippen LogP contribution < -0.4 is 10.1 Å². The van der Waals surface area contributed by atoms with Crippen LogP contribution in [0.1, 0.15) is 18.7 Å². The van der Waals surface area contributed by atoms with Crippen LogP contribution >= 0.6 is 0 Å². The van der Waals surface area contributed by atoms with E-state index in [1.807, 2.05) is 13.0 Å². The van der Waals surface area contributed by atoms with Gasteiger partial charge in [-0.25, -0.2) is 19.5 Å². The van der Waals surface area contributed by atoms with Crippen molar-refractivity contribution in [3.05, 3.63) is 54.4 Å². The molecule has 0 saturated heterocycles. The molecule has 0 aliphatic rings. The first-order chi connectivity index (χ1) is 13.7. The largest absolute Gasteiger partial charge is 0.478 e. The fourth-order valence-corrected chi connectivity index (χ4v) is 2.77. The number of rotatable bonds is 7. The Bertz CT molecular complexity index is 1080. The quantitative estimate of drug-likeness (QED) is 0.448. The molecule has 3 N–H and O–H groups in total. The third kappa shape index (κ3) is 3.49. The van der Waals surface area contributed by atoms with Gasteiger partial charge in [-0.05, 0) is 31.2 Å². The lowest BCUT2D eigenvalue weighted by molar-refractivity contribution is 0.274. The summed E-state index contributed by atoms with van der Waals surface area (Å²) in [5, 5.41) is 19.8. The van der Waals surface area contributed by atoms with Gasteiger partial charge in [0.2, 0.25) is 5.88 Å². The standard InChI is InChI=1S/C18H18FN7O2/c1-2-28-17-7-16(24-25-17)26-10-21-13-5-6-15(23-18(13)26)22-14(9-27)12-4-3-11(19)8-20-12/h3-8,10,14,27H,2,9H2,1H3,(H,22,23)(H,24,25)/t14-/m0/s1. The zero-order valence-electron chi connectivity index (χ0n) is 15.0. The maximum absolute atomic E-state index is 13.1. The smallest absolute Gasteiger partial charge is 0.211 e. The van der Waals surface area contributed by atoms with Crippen LogP contribution in [0.2, 0.25) is 0 Å². The summed E-state index contributed by atoms with van der Waals surface area (Å²) in [6.07, 6.45) is 2.73. The zero-order chi connectivity index (χ0) is 19.5. The molecule has 1 atom stereocenters. The van der Waals surface area contributed by atoms with Gasteiger partial charge in [-0.15, -0.1) is 0 Å². The number of nitrogens with one attached hydrogen (secondary N) is 2. The highest BCUT2D eigenvalue weighted by molar-refractivity contribution is 5.75. The molecule has 144 valence electrons. The van der Waals surface area contributed by atoms with Gasteiger partial charge < -0.3 is 15.2 Å². The van der Waals surface area contributed by atoms with Crippen LogP contribution in [0.5, 0.6) is 5.88 Å². The maximum Gasteiger partial charge on any atom is 0.211 e. The zero-order valence-corrected chi connectivity index (χ0v) is 15.0. The molecule has 0 amide bonds. The second-order valence-corrected chi connectivity index (χ2v) is 5.96. The second kappa shape index (κ2) is 7.61. The summed E-state index contributed by atoms with van der Waals surface area (Å²) in [7, 11) is 0. The minimum atomic E-state index is -0.531. The number of nitrogens with zero attached hydrogens (tertiary/aromatic N) is 5. The van der Waals surface area contributed by atoms with E-state index in [0.717, 1.165) is 6.20 Å². The highest BCUT2D eigenvalue weighted by Gasteiger charge is 2.15. The lowest BCUT2D eigenvalue weighted by atomic mass is 10.2. The van der Waals surface area contributed by atoms with Crippen molar-refractivity contribution in [1.29, 1.82) is 0 Å². The van der Waals surface area contributed by atoms with Gasteiger partial charge in [0.05, 0.1) is 31.1 Å². The number of ether oxygens (including phenoxy) is 1. The van der Waals surface area contributed by atoms with E-state index in [1.54, 1.807) is 23.0 Å². The van der Waals surface area contributed by atoms with Crippen molar-refractivity contribution in [2.45, 2.75) is 13.0 Å². The van der Waals surface area contributed by atoms with Gasteiger partial charge in [0.15, 0.2) is 11.5 Å². The number of hydrogen-bond donors (Lipinski definition) is 3. The van der Waals surface area contributed by atoms with Crippen molar-refractivity contribution >= 4 is 17.0 Å². The number of anilines is 1. The molecule has 4 rings (SSSR count). The molecular weight excluding hydrogens is 365 g/mol. The SMILES string of the molecule is CCOc1cc(-n2cnc3ccc(N[C@@H](CO)c4ccc(F)cn4)nc32)n[nH]1. The lowest BCUT2D eigenvalue weighted by Crippen LogP contribution is -2.17. The predicted octanol–water partition coefficient (Wildman–Crippen LogP) is 2.22. The average molecular weight is 383 g/mol. The Labute approximate surface area is 159 Å². The molecule has 28 heavy (non-hydrogen) atoms. The number of aliphatic hydroxyl groups is 1. The van der Waals surface area contributed by atoms with E-state index in [4.69, 9.17) is 4.74 Å². The molecule has 9 nitrogen and oxygen atoms in total. The van der Waals surface area contributed by atoms with E-state index < -0.39 is 11.9 Å². The number of hydrogen-bond acceptors (Lipinski definition) is 7. The molecule has 0 aliphatic heterocycles. The van der Waals surface area contributed by atoms with E-state index in [-0.39, 0.29) is 6.61 Å². The summed E-state index contributed by atoms with van der Waals surface area (Å²) in [6.45, 7) is 2.19. The first kappa shape index (κ1) is 17.9. The molecule has 0 saturated carbocycles. The minimum Gasteiger partial charge on any atom is -0.478 e. The van der Waals surface area contributed by atoms with Gasteiger partial charge in [0, 0.05) is 6.07 Å². The van der Waals surface area contributed by atoms with E-state index >= 15 is 0 Å². The molecule has 0 fully saturated rings. The summed E-state index contributed by atoms with van der Waals surface area (Å²) in [4.78, 5) is 12.9. The molecule has 0 unspecified atom stereocenters. The molecule has 0 spiro atoms. The van der Waals surface area contributed by atoms with Crippen molar-refractivity contribution in [3.8, 4) is 11.7 Å². The van der Waals surface area contributed by atoms with Crippen LogP contribution in [0.15, 0.2) is 42.9 Å². The third-order valence-corrected chi connectivity index (χ3v) is 4.09. The second-order valence-electron chi connectivity index (χ2n) is 5.96. The third-order valence-electron chi connectivity index (χ3n) is 4.09. The summed E-state index contributed by atoms with van der Waals surface area (Å²) in [5.41, 5.74) is 1.78. The molecule has 0 aliphatic carbocycles. The Morgan fingerprint density at radius 3 is 2.93 bits per heavy atom. The Hall–Kier alpha value is -3.53. The average Bonchev–Trinajstić information content (AvgIpc) is 3.33. The van der Waals surface area contributed by atoms with E-state index in [1.165, 1.54) is 12.1 Å². The molecule has 4 aromatic heterocycles. The summed E-state index contributed by atoms with van der Waals surface area (Å²) in [6, 6.07) is 7.60. The monoisotopic (exact) mass is 383 g/mol. The van der Waals surface area contributed by atoms with Gasteiger partial charge in [-0.1, -0.05) is 0 Å². The molecule has 0 radical (unpaired) electrons. The number of pyridine rings is 2. The van der Waals surface area contributed by atoms with Crippen LogP contribution in [0, 0.1) is 5.82 Å². The molecule has 4 heterocycles. The van der Waals surface area contributed by atoms with Crippen molar-refractivity contribution in [1.82, 2.24) is 29.7 Å². The highest BCUT2D eigenvalue weighted by atomic mass is 19.1. The lowest BCUT2D eigenvalue weighted by Gasteiger charge is -2.16. The van der Waals surface area contributed by atoms with Crippen LogP contribution in [-0.2, 0) is 0 Å². The molecule has 0 aromatic carbocycles. The Morgan fingerprint density at radius 1 is 1.29 bits per heavy atom. The topological polar surface area (TPSA) is 114 Å². The fourth-order valence-electron chi connectivity index (χ4n) is 2.77. The van der Waals surface area contributed by atoms with Crippen molar-refractivity contribution in [2.24, 2.45) is 0 Å². The fraction of sp³-hybridized carbons (Fsp3) is 0.222. The number of imidazole rings is 1.